The Bertz CT molecular complexity index is 611. The summed E-state index contributed by atoms with van der Waals surface area (Å²) in [6, 6.07) is 0. The van der Waals surface area contributed by atoms with E-state index < -0.39 is 0 Å². The van der Waals surface area contributed by atoms with Crippen molar-refractivity contribution in [2.75, 3.05) is 7.05 Å². The van der Waals surface area contributed by atoms with Gasteiger partial charge in [0.15, 0.2) is 0 Å². The van der Waals surface area contributed by atoms with Crippen LogP contribution in [0.4, 0.5) is 0 Å². The zero-order valence-corrected chi connectivity index (χ0v) is 26.3. The molecule has 0 aromatic carbocycles. The van der Waals surface area contributed by atoms with Gasteiger partial charge in [-0.1, -0.05) is 168 Å². The van der Waals surface area contributed by atoms with Crippen LogP contribution in [-0.4, -0.2) is 23.3 Å². The van der Waals surface area contributed by atoms with Crippen LogP contribution in [0.5, 0.6) is 0 Å². The smallest absolute Gasteiger partial charge is 0.230 e. The molecule has 1 unspecified atom stereocenters. The lowest BCUT2D eigenvalue weighted by atomic mass is 10.0. The minimum atomic E-state index is 0.329. The first-order chi connectivity index (χ1) is 18.6. The van der Waals surface area contributed by atoms with E-state index in [1.807, 2.05) is 12.4 Å². The maximum atomic E-state index is 13.1. The molecule has 3 heteroatoms. The van der Waals surface area contributed by atoms with E-state index in [9.17, 15) is 4.79 Å². The molecule has 0 aliphatic carbocycles. The second-order valence-electron chi connectivity index (χ2n) is 12.3. The van der Waals surface area contributed by atoms with Crippen LogP contribution in [0.2, 0.25) is 0 Å². The number of carbonyl (C=O) groups excluding carboxylic acids is 1. The molecule has 1 heterocycles. The Balaban J connectivity index is 1.98. The SMILES string of the molecule is CCCCCCCCCCCCCCCCC(=O)[N+]1(C)C=CN=C1CCCCCCCCCCCCCC. The minimum Gasteiger partial charge on any atom is -0.230 e. The molecule has 1 rings (SSSR count). The van der Waals surface area contributed by atoms with Crippen LogP contribution in [0.3, 0.4) is 0 Å². The van der Waals surface area contributed by atoms with Crippen molar-refractivity contribution < 1.29 is 9.28 Å². The van der Waals surface area contributed by atoms with Gasteiger partial charge in [-0.15, -0.1) is 0 Å². The predicted molar refractivity (Wildman–Crippen MR) is 168 cm³/mol. The van der Waals surface area contributed by atoms with Gasteiger partial charge in [0.25, 0.3) is 0 Å². The van der Waals surface area contributed by atoms with Crippen molar-refractivity contribution in [1.29, 1.82) is 0 Å². The van der Waals surface area contributed by atoms with Gasteiger partial charge in [-0.05, 0) is 12.8 Å². The summed E-state index contributed by atoms with van der Waals surface area (Å²) >= 11 is 0. The first-order valence-corrected chi connectivity index (χ1v) is 17.3. The number of aliphatic imine (C=N–C) groups is 1. The van der Waals surface area contributed by atoms with Gasteiger partial charge in [0, 0.05) is 6.42 Å². The summed E-state index contributed by atoms with van der Waals surface area (Å²) in [5.74, 6) is 1.39. The summed E-state index contributed by atoms with van der Waals surface area (Å²) in [5.41, 5.74) is 0. The Labute approximate surface area is 238 Å². The molecule has 1 atom stereocenters. The van der Waals surface area contributed by atoms with E-state index in [0.717, 1.165) is 25.1 Å². The monoisotopic (exact) mass is 532 g/mol. The molecule has 0 saturated heterocycles. The van der Waals surface area contributed by atoms with Gasteiger partial charge in [0.2, 0.25) is 5.84 Å². The van der Waals surface area contributed by atoms with Crippen molar-refractivity contribution in [3.8, 4) is 0 Å². The second kappa shape index (κ2) is 25.0. The van der Waals surface area contributed by atoms with Crippen LogP contribution in [0.25, 0.3) is 0 Å². The molecule has 1 aliphatic rings. The Kier molecular flexibility index (Phi) is 23.1. The highest BCUT2D eigenvalue weighted by Gasteiger charge is 2.37. The van der Waals surface area contributed by atoms with E-state index in [-0.39, 0.29) is 0 Å². The number of unbranched alkanes of at least 4 members (excludes halogenated alkanes) is 24. The average Bonchev–Trinajstić information content (AvgIpc) is 3.30. The summed E-state index contributed by atoms with van der Waals surface area (Å²) in [6.07, 6.45) is 40.8. The van der Waals surface area contributed by atoms with Crippen LogP contribution in [0, 0.1) is 0 Å². The second-order valence-corrected chi connectivity index (χ2v) is 12.3. The van der Waals surface area contributed by atoms with Gasteiger partial charge >= 0.3 is 5.91 Å². The topological polar surface area (TPSA) is 29.4 Å². The van der Waals surface area contributed by atoms with E-state index in [0.29, 0.717) is 16.8 Å². The number of hydrogen-bond donors (Lipinski definition) is 0. The first kappa shape index (κ1) is 35.1. The molecule has 0 radical (unpaired) electrons. The molecule has 0 bridgehead atoms. The van der Waals surface area contributed by atoms with Gasteiger partial charge in [-0.3, -0.25) is 0 Å². The van der Waals surface area contributed by atoms with Crippen molar-refractivity contribution in [2.24, 2.45) is 4.99 Å². The van der Waals surface area contributed by atoms with Crippen molar-refractivity contribution in [3.63, 3.8) is 0 Å². The third kappa shape index (κ3) is 17.6. The molecule has 0 aromatic heterocycles. The first-order valence-electron chi connectivity index (χ1n) is 17.3. The third-order valence-corrected chi connectivity index (χ3v) is 8.64. The maximum absolute atomic E-state index is 13.1. The van der Waals surface area contributed by atoms with Crippen LogP contribution >= 0.6 is 0 Å². The van der Waals surface area contributed by atoms with Crippen LogP contribution in [0.15, 0.2) is 17.4 Å². The largest absolute Gasteiger partial charge is 0.324 e. The summed E-state index contributed by atoms with van der Waals surface area (Å²) in [6.45, 7) is 4.57. The lowest BCUT2D eigenvalue weighted by Crippen LogP contribution is -2.47. The summed E-state index contributed by atoms with van der Waals surface area (Å²) in [7, 11) is 2.05. The zero-order chi connectivity index (χ0) is 27.6. The standard InChI is InChI=1S/C35H67N2O/c1-4-6-8-10-12-14-16-18-19-21-23-25-27-29-31-35(38)37(3)33-32-36-34(37)30-28-26-24-22-20-17-15-13-11-9-7-5-2/h32-33H,4-31H2,1-3H3/q+1. The van der Waals surface area contributed by atoms with Crippen LogP contribution in [-0.2, 0) is 4.79 Å². The third-order valence-electron chi connectivity index (χ3n) is 8.64. The number of nitrogens with zero attached hydrogens (tertiary/aromatic N) is 2. The van der Waals surface area contributed by atoms with E-state index in [2.05, 4.69) is 25.9 Å². The molecular formula is C35H67N2O+. The molecule has 38 heavy (non-hydrogen) atoms. The van der Waals surface area contributed by atoms with Gasteiger partial charge < -0.3 is 0 Å². The highest BCUT2D eigenvalue weighted by Crippen LogP contribution is 2.22. The number of quaternary nitrogens is 1. The molecule has 0 N–H and O–H groups in total. The maximum Gasteiger partial charge on any atom is 0.324 e. The van der Waals surface area contributed by atoms with Gasteiger partial charge in [0.05, 0.1) is 19.7 Å². The molecule has 3 nitrogen and oxygen atoms in total. The summed E-state index contributed by atoms with van der Waals surface area (Å²) in [4.78, 5) is 17.7. The van der Waals surface area contributed by atoms with E-state index in [1.165, 1.54) is 154 Å². The van der Waals surface area contributed by atoms with Crippen LogP contribution in [0.1, 0.15) is 194 Å². The Morgan fingerprint density at radius 1 is 0.553 bits per heavy atom. The molecule has 0 saturated carbocycles. The molecule has 0 spiro atoms. The van der Waals surface area contributed by atoms with Crippen molar-refractivity contribution in [2.45, 2.75) is 194 Å². The highest BCUT2D eigenvalue weighted by atomic mass is 16.2. The fourth-order valence-electron chi connectivity index (χ4n) is 5.81. The average molecular weight is 532 g/mol. The summed E-state index contributed by atoms with van der Waals surface area (Å²) in [5, 5.41) is 0. The highest BCUT2D eigenvalue weighted by molar-refractivity contribution is 5.90. The van der Waals surface area contributed by atoms with Gasteiger partial charge in [-0.2, -0.15) is 4.48 Å². The number of carbonyl (C=O) groups is 1. The van der Waals surface area contributed by atoms with Gasteiger partial charge in [0.1, 0.15) is 6.20 Å². The Morgan fingerprint density at radius 2 is 0.895 bits per heavy atom. The number of rotatable bonds is 28. The van der Waals surface area contributed by atoms with E-state index in [1.54, 1.807) is 0 Å². The van der Waals surface area contributed by atoms with Crippen molar-refractivity contribution in [1.82, 2.24) is 0 Å². The van der Waals surface area contributed by atoms with Crippen molar-refractivity contribution in [3.05, 3.63) is 12.4 Å². The quantitative estimate of drug-likeness (QED) is 0.0729. The summed E-state index contributed by atoms with van der Waals surface area (Å²) < 4.78 is 0.330. The molecular weight excluding hydrogens is 464 g/mol. The molecule has 1 amide bonds. The van der Waals surface area contributed by atoms with Gasteiger partial charge in [-0.25, -0.2) is 9.79 Å². The number of amidine groups is 1. The van der Waals surface area contributed by atoms with E-state index in [4.69, 9.17) is 0 Å². The fraction of sp³-hybridized carbons (Fsp3) is 0.886. The zero-order valence-electron chi connectivity index (χ0n) is 26.3. The Morgan fingerprint density at radius 3 is 1.29 bits per heavy atom. The molecule has 0 aromatic rings. The van der Waals surface area contributed by atoms with E-state index >= 15 is 0 Å². The number of amides is 1. The normalized spacial score (nSPS) is 16.9. The molecule has 222 valence electrons. The number of hydrogen-bond acceptors (Lipinski definition) is 2. The van der Waals surface area contributed by atoms with Crippen LogP contribution < -0.4 is 0 Å². The minimum absolute atomic E-state index is 0.329. The lowest BCUT2D eigenvalue weighted by Gasteiger charge is -2.25. The molecule has 1 aliphatic heterocycles. The fourth-order valence-corrected chi connectivity index (χ4v) is 5.81. The van der Waals surface area contributed by atoms with Crippen molar-refractivity contribution >= 4 is 11.7 Å². The lowest BCUT2D eigenvalue weighted by molar-refractivity contribution is -0.683. The molecule has 0 fully saturated rings. The predicted octanol–water partition coefficient (Wildman–Crippen LogP) is 11.8. The Hall–Kier alpha value is -0.960.